The van der Waals surface area contributed by atoms with Gasteiger partial charge in [-0.05, 0) is 18.2 Å². The fraction of sp³-hybridized carbons (Fsp3) is 0. The zero-order valence-electron chi connectivity index (χ0n) is 10.3. The average molecular weight is 314 g/mol. The number of nitro groups is 1. The van der Waals surface area contributed by atoms with E-state index in [0.717, 1.165) is 30.3 Å². The third-order valence-corrected chi connectivity index (χ3v) is 3.88. The molecule has 0 spiro atoms. The van der Waals surface area contributed by atoms with E-state index in [9.17, 15) is 27.3 Å². The number of nitrogens with zero attached hydrogens (tertiary/aromatic N) is 1. The van der Waals surface area contributed by atoms with Crippen LogP contribution in [0, 0.1) is 21.7 Å². The van der Waals surface area contributed by atoms with Gasteiger partial charge in [0.25, 0.3) is 15.7 Å². The molecule has 2 rings (SSSR count). The van der Waals surface area contributed by atoms with Gasteiger partial charge in [0.05, 0.1) is 15.5 Å². The van der Waals surface area contributed by atoms with Crippen LogP contribution in [0.15, 0.2) is 47.4 Å². The lowest BCUT2D eigenvalue weighted by molar-refractivity contribution is -0.385. The molecule has 2 aromatic rings. The van der Waals surface area contributed by atoms with E-state index in [2.05, 4.69) is 0 Å². The van der Waals surface area contributed by atoms with Crippen LogP contribution in [0.3, 0.4) is 0 Å². The van der Waals surface area contributed by atoms with Gasteiger partial charge in [0.2, 0.25) is 0 Å². The van der Waals surface area contributed by atoms with Gasteiger partial charge in [-0.15, -0.1) is 0 Å². The summed E-state index contributed by atoms with van der Waals surface area (Å²) in [5.41, 5.74) is -0.875. The highest BCUT2D eigenvalue weighted by molar-refractivity contribution is 7.92. The topological polar surface area (TPSA) is 89.3 Å². The molecule has 9 heteroatoms. The molecule has 6 nitrogen and oxygen atoms in total. The number of benzene rings is 2. The molecule has 21 heavy (non-hydrogen) atoms. The molecular formula is C12H8F2N2O4S. The van der Waals surface area contributed by atoms with E-state index in [0.29, 0.717) is 6.07 Å². The van der Waals surface area contributed by atoms with Crippen LogP contribution in [0.1, 0.15) is 0 Å². The van der Waals surface area contributed by atoms with Crippen molar-refractivity contribution in [2.24, 2.45) is 0 Å². The molecule has 0 saturated carbocycles. The zero-order chi connectivity index (χ0) is 15.6. The van der Waals surface area contributed by atoms with Crippen molar-refractivity contribution < 1.29 is 22.1 Å². The molecule has 0 atom stereocenters. The summed E-state index contributed by atoms with van der Waals surface area (Å²) < 4.78 is 52.1. The van der Waals surface area contributed by atoms with Crippen molar-refractivity contribution in [1.29, 1.82) is 0 Å². The fourth-order valence-electron chi connectivity index (χ4n) is 1.54. The average Bonchev–Trinajstić information content (AvgIpc) is 2.42. The normalized spacial score (nSPS) is 11.1. The highest BCUT2D eigenvalue weighted by atomic mass is 32.2. The molecule has 0 unspecified atom stereocenters. The summed E-state index contributed by atoms with van der Waals surface area (Å²) in [5, 5.41) is 10.6. The smallest absolute Gasteiger partial charge is 0.270 e. The van der Waals surface area contributed by atoms with E-state index in [1.165, 1.54) is 6.07 Å². The number of hydrogen-bond acceptors (Lipinski definition) is 4. The first kappa shape index (κ1) is 14.9. The van der Waals surface area contributed by atoms with Gasteiger partial charge in [-0.3, -0.25) is 14.8 Å². The molecule has 0 saturated heterocycles. The summed E-state index contributed by atoms with van der Waals surface area (Å²) >= 11 is 0. The summed E-state index contributed by atoms with van der Waals surface area (Å²) in [4.78, 5) is 9.46. The zero-order valence-corrected chi connectivity index (χ0v) is 11.1. The molecule has 0 aliphatic carbocycles. The predicted molar refractivity (Wildman–Crippen MR) is 70.3 cm³/mol. The van der Waals surface area contributed by atoms with Crippen LogP contribution in [0.2, 0.25) is 0 Å². The maximum Gasteiger partial charge on any atom is 0.270 e. The van der Waals surface area contributed by atoms with Crippen LogP contribution < -0.4 is 4.72 Å². The first-order valence-corrected chi connectivity index (χ1v) is 7.00. The Balaban J connectivity index is 2.38. The quantitative estimate of drug-likeness (QED) is 0.694. The Morgan fingerprint density at radius 3 is 2.43 bits per heavy atom. The summed E-state index contributed by atoms with van der Waals surface area (Å²) in [6.45, 7) is 0. The number of anilines is 1. The molecule has 0 amide bonds. The Labute approximate surface area is 118 Å². The van der Waals surface area contributed by atoms with Crippen molar-refractivity contribution in [3.63, 3.8) is 0 Å². The molecule has 2 aromatic carbocycles. The van der Waals surface area contributed by atoms with Crippen LogP contribution in [-0.4, -0.2) is 13.3 Å². The Morgan fingerprint density at radius 2 is 1.81 bits per heavy atom. The maximum atomic E-state index is 13.4. The molecule has 0 aromatic heterocycles. The van der Waals surface area contributed by atoms with Crippen molar-refractivity contribution in [2.45, 2.75) is 4.90 Å². The van der Waals surface area contributed by atoms with E-state index in [-0.39, 0.29) is 0 Å². The van der Waals surface area contributed by atoms with Gasteiger partial charge in [0.15, 0.2) is 0 Å². The minimum absolute atomic E-state index is 0.402. The van der Waals surface area contributed by atoms with Gasteiger partial charge in [-0.2, -0.15) is 0 Å². The van der Waals surface area contributed by atoms with Crippen LogP contribution >= 0.6 is 0 Å². The fourth-order valence-corrected chi connectivity index (χ4v) is 2.65. The van der Waals surface area contributed by atoms with Crippen LogP contribution in [0.4, 0.5) is 20.2 Å². The Bertz CT molecular complexity index is 809. The first-order chi connectivity index (χ1) is 9.79. The lowest BCUT2D eigenvalue weighted by Gasteiger charge is -2.08. The minimum Gasteiger partial charge on any atom is -0.277 e. The van der Waals surface area contributed by atoms with Gasteiger partial charge in [-0.1, -0.05) is 6.07 Å². The van der Waals surface area contributed by atoms with Gasteiger partial charge >= 0.3 is 0 Å². The molecule has 0 heterocycles. The van der Waals surface area contributed by atoms with E-state index in [4.69, 9.17) is 0 Å². The second-order valence-corrected chi connectivity index (χ2v) is 5.67. The van der Waals surface area contributed by atoms with Gasteiger partial charge in [-0.25, -0.2) is 17.2 Å². The van der Waals surface area contributed by atoms with Crippen molar-refractivity contribution >= 4 is 21.4 Å². The van der Waals surface area contributed by atoms with Gasteiger partial charge in [0.1, 0.15) is 11.6 Å². The number of nitrogens with one attached hydrogen (secondary N) is 1. The molecule has 0 aliphatic rings. The maximum absolute atomic E-state index is 13.4. The third kappa shape index (κ3) is 3.31. The molecule has 110 valence electrons. The third-order valence-electron chi connectivity index (χ3n) is 2.51. The Hall–Kier alpha value is -2.55. The number of nitro benzene ring substituents is 1. The summed E-state index contributed by atoms with van der Waals surface area (Å²) in [6.07, 6.45) is 0. The number of halogens is 2. The summed E-state index contributed by atoms with van der Waals surface area (Å²) in [7, 11) is -4.22. The van der Waals surface area contributed by atoms with Crippen molar-refractivity contribution in [3.05, 3.63) is 64.2 Å². The van der Waals surface area contributed by atoms with Gasteiger partial charge < -0.3 is 0 Å². The first-order valence-electron chi connectivity index (χ1n) is 5.52. The minimum atomic E-state index is -4.22. The number of hydrogen-bond donors (Lipinski definition) is 1. The van der Waals surface area contributed by atoms with E-state index < -0.39 is 42.9 Å². The number of non-ortho nitro benzene ring substituents is 1. The second-order valence-electron chi connectivity index (χ2n) is 3.98. The Kier molecular flexibility index (Phi) is 3.85. The monoisotopic (exact) mass is 314 g/mol. The highest BCUT2D eigenvalue weighted by Crippen LogP contribution is 2.22. The predicted octanol–water partition coefficient (Wildman–Crippen LogP) is 2.67. The molecule has 0 fully saturated rings. The molecular weight excluding hydrogens is 306 g/mol. The summed E-state index contributed by atoms with van der Waals surface area (Å²) in [6, 6.07) is 6.59. The van der Waals surface area contributed by atoms with Crippen molar-refractivity contribution in [3.8, 4) is 0 Å². The van der Waals surface area contributed by atoms with Crippen molar-refractivity contribution in [2.75, 3.05) is 4.72 Å². The lowest BCUT2D eigenvalue weighted by Crippen LogP contribution is -2.14. The van der Waals surface area contributed by atoms with Crippen LogP contribution in [0.25, 0.3) is 0 Å². The molecule has 1 N–H and O–H groups in total. The Morgan fingerprint density at radius 1 is 1.10 bits per heavy atom. The number of sulfonamides is 1. The lowest BCUT2D eigenvalue weighted by atomic mass is 10.3. The largest absolute Gasteiger partial charge is 0.277 e. The van der Waals surface area contributed by atoms with Gasteiger partial charge in [0, 0.05) is 18.2 Å². The second kappa shape index (κ2) is 5.44. The van der Waals surface area contributed by atoms with E-state index >= 15 is 0 Å². The SMILES string of the molecule is O=[N+]([O-])c1cccc(S(=O)(=O)Nc2ccc(F)cc2F)c1. The standard InChI is InChI=1S/C12H8F2N2O4S/c13-8-4-5-12(11(14)6-8)15-21(19,20)10-3-1-2-9(7-10)16(17)18/h1-7,15H. The summed E-state index contributed by atoms with van der Waals surface area (Å²) in [5.74, 6) is -1.95. The molecule has 0 aliphatic heterocycles. The number of rotatable bonds is 4. The van der Waals surface area contributed by atoms with Crippen LogP contribution in [0.5, 0.6) is 0 Å². The van der Waals surface area contributed by atoms with E-state index in [1.807, 2.05) is 4.72 Å². The van der Waals surface area contributed by atoms with Crippen molar-refractivity contribution in [1.82, 2.24) is 0 Å². The molecule has 0 radical (unpaired) electrons. The van der Waals surface area contributed by atoms with Crippen LogP contribution in [-0.2, 0) is 10.0 Å². The molecule has 0 bridgehead atoms. The highest BCUT2D eigenvalue weighted by Gasteiger charge is 2.19. The van der Waals surface area contributed by atoms with E-state index in [1.54, 1.807) is 0 Å².